The lowest BCUT2D eigenvalue weighted by atomic mass is 9.86. The van der Waals surface area contributed by atoms with Crippen LogP contribution in [-0.4, -0.2) is 29.1 Å². The second kappa shape index (κ2) is 9.29. The van der Waals surface area contributed by atoms with E-state index in [0.29, 0.717) is 18.1 Å². The summed E-state index contributed by atoms with van der Waals surface area (Å²) < 4.78 is 7.24. The molecule has 3 rings (SSSR count). The van der Waals surface area contributed by atoms with Crippen molar-refractivity contribution in [1.82, 2.24) is 9.88 Å². The molecular formula is C24H32N2O3. The first kappa shape index (κ1) is 21.2. The number of nitrogens with zero attached hydrogens (tertiary/aromatic N) is 1. The summed E-state index contributed by atoms with van der Waals surface area (Å²) in [5, 5.41) is 3.23. The van der Waals surface area contributed by atoms with Crippen LogP contribution < -0.4 is 5.32 Å². The number of carbonyl (C=O) groups excluding carboxylic acids is 2. The normalized spacial score (nSPS) is 19.0. The summed E-state index contributed by atoms with van der Waals surface area (Å²) >= 11 is 0. The number of aromatic nitrogens is 1. The van der Waals surface area contributed by atoms with Crippen molar-refractivity contribution < 1.29 is 14.3 Å². The number of amides is 1. The quantitative estimate of drug-likeness (QED) is 0.724. The fourth-order valence-corrected chi connectivity index (χ4v) is 4.49. The van der Waals surface area contributed by atoms with Crippen molar-refractivity contribution in [3.05, 3.63) is 47.2 Å². The molecule has 1 N–H and O–H groups in total. The molecular weight excluding hydrogens is 364 g/mol. The van der Waals surface area contributed by atoms with Crippen molar-refractivity contribution in [1.29, 1.82) is 0 Å². The molecule has 0 spiro atoms. The summed E-state index contributed by atoms with van der Waals surface area (Å²) in [6, 6.07) is 10.1. The second-order valence-corrected chi connectivity index (χ2v) is 8.04. The summed E-state index contributed by atoms with van der Waals surface area (Å²) in [4.78, 5) is 25.5. The summed E-state index contributed by atoms with van der Waals surface area (Å²) in [6.45, 7) is 8.35. The fourth-order valence-electron chi connectivity index (χ4n) is 4.49. The lowest BCUT2D eigenvalue weighted by molar-refractivity contribution is -0.122. The minimum absolute atomic E-state index is 0.00515. The third-order valence-corrected chi connectivity index (χ3v) is 6.05. The number of esters is 1. The number of hydrogen-bond acceptors (Lipinski definition) is 3. The van der Waals surface area contributed by atoms with E-state index in [4.69, 9.17) is 4.74 Å². The minimum atomic E-state index is -0.334. The predicted molar refractivity (Wildman–Crippen MR) is 115 cm³/mol. The van der Waals surface area contributed by atoms with Gasteiger partial charge in [0.2, 0.25) is 5.91 Å². The highest BCUT2D eigenvalue weighted by molar-refractivity contribution is 5.95. The van der Waals surface area contributed by atoms with Gasteiger partial charge < -0.3 is 14.6 Å². The predicted octanol–water partition coefficient (Wildman–Crippen LogP) is 4.64. The fraction of sp³-hybridized carbons (Fsp3) is 0.500. The van der Waals surface area contributed by atoms with Gasteiger partial charge in [0.15, 0.2) is 0 Å². The SMILES string of the molecule is CCOC(=O)c1c(C)c(-c2ccccc2)n(CC(=O)NC2CCCCC2C)c1C. The van der Waals surface area contributed by atoms with E-state index in [1.165, 1.54) is 12.8 Å². The molecule has 2 aromatic rings. The molecule has 29 heavy (non-hydrogen) atoms. The summed E-state index contributed by atoms with van der Waals surface area (Å²) in [5.41, 5.74) is 4.07. The molecule has 5 nitrogen and oxygen atoms in total. The first-order valence-electron chi connectivity index (χ1n) is 10.7. The van der Waals surface area contributed by atoms with Gasteiger partial charge in [-0.3, -0.25) is 4.79 Å². The van der Waals surface area contributed by atoms with Gasteiger partial charge in [-0.2, -0.15) is 0 Å². The van der Waals surface area contributed by atoms with E-state index in [1.54, 1.807) is 6.92 Å². The first-order chi connectivity index (χ1) is 13.9. The maximum Gasteiger partial charge on any atom is 0.340 e. The van der Waals surface area contributed by atoms with Gasteiger partial charge >= 0.3 is 5.97 Å². The van der Waals surface area contributed by atoms with E-state index in [-0.39, 0.29) is 24.5 Å². The molecule has 156 valence electrons. The zero-order valence-electron chi connectivity index (χ0n) is 18.0. The molecule has 1 aromatic heterocycles. The number of rotatable bonds is 6. The zero-order chi connectivity index (χ0) is 21.0. The highest BCUT2D eigenvalue weighted by atomic mass is 16.5. The van der Waals surface area contributed by atoms with E-state index < -0.39 is 0 Å². The van der Waals surface area contributed by atoms with Crippen LogP contribution in [0.2, 0.25) is 0 Å². The highest BCUT2D eigenvalue weighted by Gasteiger charge is 2.27. The summed E-state index contributed by atoms with van der Waals surface area (Å²) in [7, 11) is 0. The van der Waals surface area contributed by atoms with Crippen LogP contribution in [0.5, 0.6) is 0 Å². The molecule has 2 atom stereocenters. The van der Waals surface area contributed by atoms with Crippen molar-refractivity contribution in [3.8, 4) is 11.3 Å². The standard InChI is InChI=1S/C24H32N2O3/c1-5-29-24(28)22-17(3)23(19-12-7-6-8-13-19)26(18(22)4)15-21(27)25-20-14-10-9-11-16(20)2/h6-8,12-13,16,20H,5,9-11,14-15H2,1-4H3,(H,25,27). The van der Waals surface area contributed by atoms with Crippen molar-refractivity contribution in [3.63, 3.8) is 0 Å². The van der Waals surface area contributed by atoms with E-state index in [2.05, 4.69) is 12.2 Å². The molecule has 1 aliphatic rings. The van der Waals surface area contributed by atoms with Gasteiger partial charge in [0, 0.05) is 11.7 Å². The van der Waals surface area contributed by atoms with Gasteiger partial charge in [-0.15, -0.1) is 0 Å². The van der Waals surface area contributed by atoms with Gasteiger partial charge in [0.1, 0.15) is 6.54 Å². The molecule has 1 aliphatic carbocycles. The Morgan fingerprint density at radius 1 is 1.14 bits per heavy atom. The van der Waals surface area contributed by atoms with Crippen LogP contribution in [0.1, 0.15) is 61.1 Å². The molecule has 0 aliphatic heterocycles. The molecule has 5 heteroatoms. The van der Waals surface area contributed by atoms with Crippen LogP contribution in [0.15, 0.2) is 30.3 Å². The summed E-state index contributed by atoms with van der Waals surface area (Å²) in [5.74, 6) is 0.165. The largest absolute Gasteiger partial charge is 0.462 e. The molecule has 1 saturated carbocycles. The Morgan fingerprint density at radius 2 is 1.83 bits per heavy atom. The van der Waals surface area contributed by atoms with Gasteiger partial charge in [0.25, 0.3) is 0 Å². The number of benzene rings is 1. The van der Waals surface area contributed by atoms with Gasteiger partial charge in [-0.05, 0) is 50.7 Å². The molecule has 0 radical (unpaired) electrons. The smallest absolute Gasteiger partial charge is 0.340 e. The molecule has 1 aromatic carbocycles. The van der Waals surface area contributed by atoms with Crippen LogP contribution in [0, 0.1) is 19.8 Å². The van der Waals surface area contributed by atoms with Crippen molar-refractivity contribution in [2.24, 2.45) is 5.92 Å². The monoisotopic (exact) mass is 396 g/mol. The zero-order valence-corrected chi connectivity index (χ0v) is 18.0. The Morgan fingerprint density at radius 3 is 2.48 bits per heavy atom. The molecule has 1 heterocycles. The summed E-state index contributed by atoms with van der Waals surface area (Å²) in [6.07, 6.45) is 4.61. The van der Waals surface area contributed by atoms with E-state index in [0.717, 1.165) is 35.4 Å². The van der Waals surface area contributed by atoms with E-state index >= 15 is 0 Å². The maximum atomic E-state index is 12.9. The maximum absolute atomic E-state index is 12.9. The molecule has 1 amide bonds. The first-order valence-corrected chi connectivity index (χ1v) is 10.7. The van der Waals surface area contributed by atoms with Crippen molar-refractivity contribution in [2.45, 2.75) is 66.0 Å². The molecule has 1 fully saturated rings. The highest BCUT2D eigenvalue weighted by Crippen LogP contribution is 2.32. The van der Waals surface area contributed by atoms with Gasteiger partial charge in [-0.1, -0.05) is 50.1 Å². The van der Waals surface area contributed by atoms with Crippen LogP contribution in [0.25, 0.3) is 11.3 Å². The van der Waals surface area contributed by atoms with Crippen molar-refractivity contribution >= 4 is 11.9 Å². The Kier molecular flexibility index (Phi) is 6.78. The molecule has 0 bridgehead atoms. The van der Waals surface area contributed by atoms with Crippen LogP contribution in [0.3, 0.4) is 0 Å². The van der Waals surface area contributed by atoms with Crippen molar-refractivity contribution in [2.75, 3.05) is 6.61 Å². The average Bonchev–Trinajstić information content (AvgIpc) is 2.94. The number of hydrogen-bond donors (Lipinski definition) is 1. The van der Waals surface area contributed by atoms with Crippen LogP contribution in [0.4, 0.5) is 0 Å². The Balaban J connectivity index is 1.94. The number of ether oxygens (including phenoxy) is 1. The molecule has 0 saturated heterocycles. The third-order valence-electron chi connectivity index (χ3n) is 6.05. The number of carbonyl (C=O) groups is 2. The Labute approximate surface area is 173 Å². The third kappa shape index (κ3) is 4.55. The number of nitrogens with one attached hydrogen (secondary N) is 1. The second-order valence-electron chi connectivity index (χ2n) is 8.04. The van der Waals surface area contributed by atoms with E-state index in [9.17, 15) is 9.59 Å². The van der Waals surface area contributed by atoms with E-state index in [1.807, 2.05) is 48.7 Å². The average molecular weight is 397 g/mol. The Hall–Kier alpha value is -2.56. The van der Waals surface area contributed by atoms with Crippen LogP contribution in [-0.2, 0) is 16.1 Å². The lowest BCUT2D eigenvalue weighted by Crippen LogP contribution is -2.42. The Bertz CT molecular complexity index is 870. The topological polar surface area (TPSA) is 60.3 Å². The van der Waals surface area contributed by atoms with Gasteiger partial charge in [-0.25, -0.2) is 4.79 Å². The van der Waals surface area contributed by atoms with Gasteiger partial charge in [0.05, 0.1) is 17.9 Å². The lowest BCUT2D eigenvalue weighted by Gasteiger charge is -2.29. The molecule has 2 unspecified atom stereocenters. The van der Waals surface area contributed by atoms with Crippen LogP contribution >= 0.6 is 0 Å². The minimum Gasteiger partial charge on any atom is -0.462 e.